The Hall–Kier alpha value is -0.220. The highest BCUT2D eigenvalue weighted by molar-refractivity contribution is 8.00. The Labute approximate surface area is 94.3 Å². The van der Waals surface area contributed by atoms with Crippen LogP contribution in [0.3, 0.4) is 0 Å². The lowest BCUT2D eigenvalue weighted by molar-refractivity contribution is 0.951. The van der Waals surface area contributed by atoms with Crippen molar-refractivity contribution >= 4 is 23.5 Å². The molecule has 0 saturated heterocycles. The van der Waals surface area contributed by atoms with Gasteiger partial charge < -0.3 is 0 Å². The molecule has 0 N–H and O–H groups in total. The molecular weight excluding hydrogens is 212 g/mol. The zero-order valence-corrected chi connectivity index (χ0v) is 10.7. The molecule has 78 valence electrons. The van der Waals surface area contributed by atoms with E-state index in [9.17, 15) is 0 Å². The molecule has 1 rings (SSSR count). The van der Waals surface area contributed by atoms with Gasteiger partial charge in [-0.05, 0) is 0 Å². The lowest BCUT2D eigenvalue weighted by Crippen LogP contribution is -1.93. The number of rotatable bonds is 4. The summed E-state index contributed by atoms with van der Waals surface area (Å²) in [5, 5.41) is 3.14. The summed E-state index contributed by atoms with van der Waals surface area (Å²) in [7, 11) is 0. The number of nitrogens with zero attached hydrogens (tertiary/aromatic N) is 2. The van der Waals surface area contributed by atoms with Crippen molar-refractivity contribution in [3.63, 3.8) is 0 Å². The van der Waals surface area contributed by atoms with Crippen molar-refractivity contribution in [1.82, 2.24) is 9.97 Å². The van der Waals surface area contributed by atoms with Gasteiger partial charge in [0.15, 0.2) is 0 Å². The first-order valence-electron chi connectivity index (χ1n) is 4.73. The minimum Gasteiger partial charge on any atom is -0.245 e. The van der Waals surface area contributed by atoms with Gasteiger partial charge >= 0.3 is 0 Å². The summed E-state index contributed by atoms with van der Waals surface area (Å²) in [6.07, 6.45) is 3.71. The lowest BCUT2D eigenvalue weighted by atomic mass is 10.6. The van der Waals surface area contributed by atoms with E-state index in [1.54, 1.807) is 23.5 Å². The smallest absolute Gasteiger partial charge is 0.115 e. The quantitative estimate of drug-likeness (QED) is 0.737. The van der Waals surface area contributed by atoms with Gasteiger partial charge in [-0.1, -0.05) is 27.7 Å². The molecule has 0 aliphatic rings. The van der Waals surface area contributed by atoms with Crippen molar-refractivity contribution in [3.05, 3.63) is 12.4 Å². The number of thioether (sulfide) groups is 2. The Morgan fingerprint density at radius 2 is 1.21 bits per heavy atom. The fourth-order valence-electron chi connectivity index (χ4n) is 0.909. The molecule has 4 heteroatoms. The monoisotopic (exact) mass is 228 g/mol. The van der Waals surface area contributed by atoms with Gasteiger partial charge in [-0.3, -0.25) is 0 Å². The van der Waals surface area contributed by atoms with Crippen LogP contribution in [0.25, 0.3) is 0 Å². The van der Waals surface area contributed by atoms with Crippen LogP contribution in [0, 0.1) is 0 Å². The molecule has 0 aliphatic carbocycles. The van der Waals surface area contributed by atoms with Crippen LogP contribution in [0.4, 0.5) is 0 Å². The van der Waals surface area contributed by atoms with E-state index in [2.05, 4.69) is 37.7 Å². The molecule has 0 bridgehead atoms. The second-order valence-electron chi connectivity index (χ2n) is 3.53. The van der Waals surface area contributed by atoms with Crippen LogP contribution in [-0.4, -0.2) is 20.5 Å². The Kier molecular flexibility index (Phi) is 4.75. The van der Waals surface area contributed by atoms with E-state index in [1.165, 1.54) is 0 Å². The van der Waals surface area contributed by atoms with Gasteiger partial charge in [-0.25, -0.2) is 9.97 Å². The van der Waals surface area contributed by atoms with Crippen molar-refractivity contribution in [2.24, 2.45) is 0 Å². The summed E-state index contributed by atoms with van der Waals surface area (Å²) < 4.78 is 0. The Balaban J connectivity index is 2.59. The maximum Gasteiger partial charge on any atom is 0.115 e. The van der Waals surface area contributed by atoms with Crippen molar-refractivity contribution in [1.29, 1.82) is 0 Å². The van der Waals surface area contributed by atoms with Crippen molar-refractivity contribution < 1.29 is 0 Å². The van der Waals surface area contributed by atoms with Crippen molar-refractivity contribution in [2.75, 3.05) is 0 Å². The molecule has 0 aromatic carbocycles. The highest BCUT2D eigenvalue weighted by Crippen LogP contribution is 2.23. The van der Waals surface area contributed by atoms with Gasteiger partial charge in [-0.2, -0.15) is 0 Å². The van der Waals surface area contributed by atoms with Crippen LogP contribution in [-0.2, 0) is 0 Å². The molecule has 0 unspecified atom stereocenters. The van der Waals surface area contributed by atoms with Crippen LogP contribution in [0.1, 0.15) is 27.7 Å². The van der Waals surface area contributed by atoms with Crippen LogP contribution in [0.2, 0.25) is 0 Å². The van der Waals surface area contributed by atoms with Crippen LogP contribution >= 0.6 is 23.5 Å². The molecule has 0 amide bonds. The second kappa shape index (κ2) is 5.61. The second-order valence-corrected chi connectivity index (χ2v) is 6.72. The zero-order chi connectivity index (χ0) is 10.6. The predicted octanol–water partition coefficient (Wildman–Crippen LogP) is 3.48. The van der Waals surface area contributed by atoms with Crippen molar-refractivity contribution in [3.8, 4) is 0 Å². The first-order valence-corrected chi connectivity index (χ1v) is 6.49. The molecular formula is C10H16N2S2. The number of hydrogen-bond acceptors (Lipinski definition) is 4. The fraction of sp³-hybridized carbons (Fsp3) is 0.600. The summed E-state index contributed by atoms with van der Waals surface area (Å²) in [6.45, 7) is 8.62. The highest BCUT2D eigenvalue weighted by atomic mass is 32.2. The largest absolute Gasteiger partial charge is 0.245 e. The zero-order valence-electron chi connectivity index (χ0n) is 9.02. The van der Waals surface area contributed by atoms with Gasteiger partial charge in [-0.15, -0.1) is 23.5 Å². The van der Waals surface area contributed by atoms with Gasteiger partial charge in [0.25, 0.3) is 0 Å². The summed E-state index contributed by atoms with van der Waals surface area (Å²) in [5.74, 6) is 0. The topological polar surface area (TPSA) is 25.8 Å². The van der Waals surface area contributed by atoms with Gasteiger partial charge in [0.2, 0.25) is 0 Å². The van der Waals surface area contributed by atoms with Crippen LogP contribution in [0.5, 0.6) is 0 Å². The molecule has 0 aliphatic heterocycles. The van der Waals surface area contributed by atoms with E-state index in [1.807, 2.05) is 12.4 Å². The summed E-state index contributed by atoms with van der Waals surface area (Å²) >= 11 is 3.49. The van der Waals surface area contributed by atoms with E-state index in [0.29, 0.717) is 10.5 Å². The van der Waals surface area contributed by atoms with E-state index in [4.69, 9.17) is 0 Å². The molecule has 1 aromatic heterocycles. The third-order valence-corrected chi connectivity index (χ3v) is 3.16. The predicted molar refractivity (Wildman–Crippen MR) is 64.0 cm³/mol. The SMILES string of the molecule is CC(C)Sc1cnc(SC(C)C)cn1. The van der Waals surface area contributed by atoms with E-state index in [0.717, 1.165) is 10.1 Å². The maximum absolute atomic E-state index is 4.35. The third-order valence-electron chi connectivity index (χ3n) is 1.32. The molecule has 0 atom stereocenters. The van der Waals surface area contributed by atoms with E-state index in [-0.39, 0.29) is 0 Å². The maximum atomic E-state index is 4.35. The molecule has 14 heavy (non-hydrogen) atoms. The molecule has 0 saturated carbocycles. The Bertz CT molecular complexity index is 241. The van der Waals surface area contributed by atoms with Crippen LogP contribution in [0.15, 0.2) is 22.4 Å². The summed E-state index contributed by atoms with van der Waals surface area (Å²) in [6, 6.07) is 0. The summed E-state index contributed by atoms with van der Waals surface area (Å²) in [5.41, 5.74) is 0. The normalized spacial score (nSPS) is 11.3. The van der Waals surface area contributed by atoms with Gasteiger partial charge in [0.05, 0.1) is 12.4 Å². The number of aromatic nitrogens is 2. The highest BCUT2D eigenvalue weighted by Gasteiger charge is 2.03. The van der Waals surface area contributed by atoms with E-state index >= 15 is 0 Å². The minimum absolute atomic E-state index is 0.563. The molecule has 1 heterocycles. The Morgan fingerprint density at radius 1 is 0.857 bits per heavy atom. The fourth-order valence-corrected chi connectivity index (χ4v) is 2.33. The number of hydrogen-bond donors (Lipinski definition) is 0. The van der Waals surface area contributed by atoms with Gasteiger partial charge in [0.1, 0.15) is 10.1 Å². The first-order chi connectivity index (χ1) is 6.58. The molecule has 2 nitrogen and oxygen atoms in total. The molecule has 0 fully saturated rings. The average molecular weight is 228 g/mol. The molecule has 0 spiro atoms. The Morgan fingerprint density at radius 3 is 1.43 bits per heavy atom. The third kappa shape index (κ3) is 4.33. The first kappa shape index (κ1) is 11.9. The average Bonchev–Trinajstić information content (AvgIpc) is 2.06. The van der Waals surface area contributed by atoms with Crippen LogP contribution < -0.4 is 0 Å². The standard InChI is InChI=1S/C10H16N2S2/c1-7(2)13-9-5-12-10(6-11-9)14-8(3)4/h5-8H,1-4H3. The van der Waals surface area contributed by atoms with E-state index < -0.39 is 0 Å². The van der Waals surface area contributed by atoms with Crippen molar-refractivity contribution in [2.45, 2.75) is 48.2 Å². The lowest BCUT2D eigenvalue weighted by Gasteiger charge is -2.05. The van der Waals surface area contributed by atoms with Gasteiger partial charge in [0, 0.05) is 10.5 Å². The molecule has 1 aromatic rings. The minimum atomic E-state index is 0.563. The molecule has 0 radical (unpaired) electrons. The summed E-state index contributed by atoms with van der Waals surface area (Å²) in [4.78, 5) is 8.70.